The maximum Gasteiger partial charge on any atom is 0.472 e. The Kier molecular flexibility index (Phi) is 51.3. The molecule has 410 valence electrons. The lowest BCUT2D eigenvalue weighted by Crippen LogP contribution is -2.30. The molecule has 0 heterocycles. The van der Waals surface area contributed by atoms with Gasteiger partial charge >= 0.3 is 25.7 Å². The Morgan fingerprint density at radius 2 is 0.671 bits per heavy atom. The molecule has 0 spiro atoms. The quantitative estimate of drug-likeness (QED) is 0.0197. The summed E-state index contributed by atoms with van der Waals surface area (Å²) in [5, 5.41) is 9.78. The fourth-order valence-corrected chi connectivity index (χ4v) is 8.82. The lowest BCUT2D eigenvalue weighted by Gasteiger charge is -2.21. The minimum atomic E-state index is -4.74. The van der Waals surface area contributed by atoms with E-state index in [1.54, 1.807) is 0 Å². The second kappa shape index (κ2) is 53.0. The van der Waals surface area contributed by atoms with Gasteiger partial charge in [-0.05, 0) is 89.9 Å². The lowest BCUT2D eigenvalue weighted by atomic mass is 10.1. The first-order valence-electron chi connectivity index (χ1n) is 28.9. The SMILES string of the molecule is CCCC/C=C\CCCCCCCC(=O)OC(CO)COP(=O)(O)OCC(COC(=O)CCCCCCCCC/C=C\CCCCCCCC)OC(=O)CCCCCCC/C=C\CCCCCCCC. The van der Waals surface area contributed by atoms with Gasteiger partial charge in [-0.2, -0.15) is 0 Å². The number of hydrogen-bond donors (Lipinski definition) is 2. The molecule has 0 radical (unpaired) electrons. The summed E-state index contributed by atoms with van der Waals surface area (Å²) in [7, 11) is -4.74. The number of esters is 3. The van der Waals surface area contributed by atoms with Crippen LogP contribution in [-0.2, 0) is 42.2 Å². The van der Waals surface area contributed by atoms with Crippen LogP contribution in [0.25, 0.3) is 0 Å². The number of aliphatic hydroxyl groups excluding tert-OH is 1. The molecule has 12 heteroatoms. The zero-order valence-electron chi connectivity index (χ0n) is 45.2. The maximum absolute atomic E-state index is 12.9. The molecule has 0 bridgehead atoms. The van der Waals surface area contributed by atoms with Crippen molar-refractivity contribution in [1.29, 1.82) is 0 Å². The van der Waals surface area contributed by atoms with E-state index in [2.05, 4.69) is 57.2 Å². The van der Waals surface area contributed by atoms with E-state index in [1.807, 2.05) is 0 Å². The summed E-state index contributed by atoms with van der Waals surface area (Å²) in [6, 6.07) is 0. The first-order valence-corrected chi connectivity index (χ1v) is 30.4. The zero-order valence-corrected chi connectivity index (χ0v) is 46.1. The first-order chi connectivity index (χ1) is 34.2. The number of aliphatic hydroxyl groups is 1. The monoisotopic (exact) mass is 1010 g/mol. The molecular weight excluding hydrogens is 904 g/mol. The number of ether oxygens (including phenoxy) is 3. The average molecular weight is 1010 g/mol. The number of phosphoric ester groups is 1. The van der Waals surface area contributed by atoms with Crippen molar-refractivity contribution in [2.45, 2.75) is 290 Å². The topological polar surface area (TPSA) is 155 Å². The van der Waals surface area contributed by atoms with Crippen LogP contribution in [0, 0.1) is 0 Å². The molecule has 0 aromatic heterocycles. The Morgan fingerprint density at radius 3 is 1.03 bits per heavy atom. The first kappa shape index (κ1) is 67.7. The molecule has 3 unspecified atom stereocenters. The molecule has 0 fully saturated rings. The molecule has 0 saturated carbocycles. The summed E-state index contributed by atoms with van der Waals surface area (Å²) in [5.41, 5.74) is 0. The van der Waals surface area contributed by atoms with E-state index in [-0.39, 0.29) is 25.9 Å². The summed E-state index contributed by atoms with van der Waals surface area (Å²) in [6.45, 7) is 4.60. The highest BCUT2D eigenvalue weighted by molar-refractivity contribution is 7.47. The molecule has 0 saturated heterocycles. The van der Waals surface area contributed by atoms with Crippen molar-refractivity contribution in [1.82, 2.24) is 0 Å². The Labute approximate surface area is 429 Å². The highest BCUT2D eigenvalue weighted by Gasteiger charge is 2.28. The summed E-state index contributed by atoms with van der Waals surface area (Å²) >= 11 is 0. The smallest absolute Gasteiger partial charge is 0.462 e. The standard InChI is InChI=1S/C58H107O11P/c1-4-7-10-13-16-19-22-24-26-27-29-30-33-35-38-41-44-47-56(60)65-51-55(69-58(62)49-46-43-40-37-34-31-28-25-23-20-17-14-11-8-5-2)53-67-70(63,64)66-52-54(50-59)68-57(61)48-45-42-39-36-32-21-18-15-12-9-6-3/h15,18,24-26,28,54-55,59H,4-14,16-17,19-23,27,29-53H2,1-3H3,(H,63,64)/b18-15-,26-24-,28-25-. The fraction of sp³-hybridized carbons (Fsp3) is 0.845. The van der Waals surface area contributed by atoms with Gasteiger partial charge in [-0.1, -0.05) is 205 Å². The van der Waals surface area contributed by atoms with Crippen LogP contribution in [0.3, 0.4) is 0 Å². The minimum Gasteiger partial charge on any atom is -0.462 e. The largest absolute Gasteiger partial charge is 0.472 e. The predicted octanol–water partition coefficient (Wildman–Crippen LogP) is 16.8. The third-order valence-corrected chi connectivity index (χ3v) is 13.5. The summed E-state index contributed by atoms with van der Waals surface area (Å²) in [6.07, 6.45) is 53.9. The van der Waals surface area contributed by atoms with Crippen molar-refractivity contribution in [2.75, 3.05) is 26.4 Å². The van der Waals surface area contributed by atoms with Crippen molar-refractivity contribution in [3.05, 3.63) is 36.5 Å². The van der Waals surface area contributed by atoms with Gasteiger partial charge < -0.3 is 24.2 Å². The number of hydrogen-bond acceptors (Lipinski definition) is 10. The van der Waals surface area contributed by atoms with E-state index in [4.69, 9.17) is 23.3 Å². The predicted molar refractivity (Wildman–Crippen MR) is 289 cm³/mol. The van der Waals surface area contributed by atoms with Gasteiger partial charge in [0.15, 0.2) is 6.10 Å². The Bertz CT molecular complexity index is 1320. The van der Waals surface area contributed by atoms with Gasteiger partial charge in [-0.25, -0.2) is 4.57 Å². The van der Waals surface area contributed by atoms with Gasteiger partial charge in [-0.3, -0.25) is 23.4 Å². The van der Waals surface area contributed by atoms with Gasteiger partial charge in [0.25, 0.3) is 0 Å². The van der Waals surface area contributed by atoms with Gasteiger partial charge in [0.1, 0.15) is 12.7 Å². The minimum absolute atomic E-state index is 0.159. The van der Waals surface area contributed by atoms with Gasteiger partial charge in [0, 0.05) is 19.3 Å². The summed E-state index contributed by atoms with van der Waals surface area (Å²) in [4.78, 5) is 48.5. The lowest BCUT2D eigenvalue weighted by molar-refractivity contribution is -0.161. The normalized spacial score (nSPS) is 13.6. The molecule has 0 aliphatic rings. The van der Waals surface area contributed by atoms with Crippen LogP contribution in [0.5, 0.6) is 0 Å². The molecule has 2 N–H and O–H groups in total. The molecule has 0 aromatic rings. The second-order valence-corrected chi connectivity index (χ2v) is 20.9. The number of rotatable bonds is 54. The van der Waals surface area contributed by atoms with Crippen LogP contribution in [-0.4, -0.2) is 66.5 Å². The van der Waals surface area contributed by atoms with Crippen LogP contribution < -0.4 is 0 Å². The maximum atomic E-state index is 12.9. The average Bonchev–Trinajstić information content (AvgIpc) is 3.35. The second-order valence-electron chi connectivity index (χ2n) is 19.4. The van der Waals surface area contributed by atoms with Crippen LogP contribution in [0.1, 0.15) is 278 Å². The van der Waals surface area contributed by atoms with Crippen molar-refractivity contribution in [3.8, 4) is 0 Å². The van der Waals surface area contributed by atoms with Crippen LogP contribution in [0.15, 0.2) is 36.5 Å². The molecule has 70 heavy (non-hydrogen) atoms. The third kappa shape index (κ3) is 50.6. The number of unbranched alkanes of at least 4 members (excludes halogenated alkanes) is 31. The van der Waals surface area contributed by atoms with E-state index in [1.165, 1.54) is 116 Å². The molecule has 0 aliphatic carbocycles. The van der Waals surface area contributed by atoms with Gasteiger partial charge in [0.2, 0.25) is 0 Å². The van der Waals surface area contributed by atoms with Crippen LogP contribution in [0.2, 0.25) is 0 Å². The summed E-state index contributed by atoms with van der Waals surface area (Å²) < 4.78 is 39.5. The summed E-state index contributed by atoms with van der Waals surface area (Å²) in [5.74, 6) is -1.47. The van der Waals surface area contributed by atoms with Gasteiger partial charge in [-0.15, -0.1) is 0 Å². The highest BCUT2D eigenvalue weighted by atomic mass is 31.2. The van der Waals surface area contributed by atoms with Crippen molar-refractivity contribution in [3.63, 3.8) is 0 Å². The Balaban J connectivity index is 4.72. The van der Waals surface area contributed by atoms with Crippen LogP contribution in [0.4, 0.5) is 0 Å². The van der Waals surface area contributed by atoms with Crippen molar-refractivity contribution in [2.24, 2.45) is 0 Å². The van der Waals surface area contributed by atoms with E-state index >= 15 is 0 Å². The number of carbonyl (C=O) groups excluding carboxylic acids is 3. The number of phosphoric acid groups is 1. The molecule has 0 amide bonds. The zero-order chi connectivity index (χ0) is 51.3. The fourth-order valence-electron chi connectivity index (χ4n) is 8.03. The number of carbonyl (C=O) groups is 3. The molecular formula is C58H107O11P. The van der Waals surface area contributed by atoms with E-state index in [0.717, 1.165) is 103 Å². The molecule has 11 nitrogen and oxygen atoms in total. The third-order valence-electron chi connectivity index (χ3n) is 12.5. The van der Waals surface area contributed by atoms with Crippen LogP contribution >= 0.6 is 7.82 Å². The Hall–Kier alpha value is -2.30. The van der Waals surface area contributed by atoms with Crippen molar-refractivity contribution >= 4 is 25.7 Å². The van der Waals surface area contributed by atoms with Gasteiger partial charge in [0.05, 0.1) is 19.8 Å². The molecule has 0 rings (SSSR count). The molecule has 0 aliphatic heterocycles. The molecule has 0 aromatic carbocycles. The van der Waals surface area contributed by atoms with E-state index in [0.29, 0.717) is 19.3 Å². The number of allylic oxidation sites excluding steroid dienone is 6. The highest BCUT2D eigenvalue weighted by Crippen LogP contribution is 2.43. The van der Waals surface area contributed by atoms with E-state index < -0.39 is 57.8 Å². The van der Waals surface area contributed by atoms with Crippen molar-refractivity contribution < 1.29 is 52.2 Å². The molecule has 3 atom stereocenters. The Morgan fingerprint density at radius 1 is 0.386 bits per heavy atom. The van der Waals surface area contributed by atoms with E-state index in [9.17, 15) is 28.9 Å².